The van der Waals surface area contributed by atoms with Crippen molar-refractivity contribution in [3.63, 3.8) is 0 Å². The monoisotopic (exact) mass is 1190 g/mol. The van der Waals surface area contributed by atoms with Crippen LogP contribution in [-0.4, -0.2) is 152 Å². The van der Waals surface area contributed by atoms with Gasteiger partial charge < -0.3 is 53.4 Å². The van der Waals surface area contributed by atoms with Gasteiger partial charge in [0.1, 0.15) is 23.0 Å². The highest BCUT2D eigenvalue weighted by molar-refractivity contribution is 6.00. The quantitative estimate of drug-likeness (QED) is 0.0209. The number of aromatic nitrogens is 9. The van der Waals surface area contributed by atoms with Crippen LogP contribution in [0.1, 0.15) is 132 Å². The topological polar surface area (TPSA) is 265 Å². The van der Waals surface area contributed by atoms with Gasteiger partial charge in [0.05, 0.1) is 121 Å². The number of carbonyl (C=O) groups excluding carboxylic acids is 2. The lowest BCUT2D eigenvalue weighted by atomic mass is 9.77. The van der Waals surface area contributed by atoms with Crippen LogP contribution in [0.5, 0.6) is 23.0 Å². The molecule has 0 saturated carbocycles. The van der Waals surface area contributed by atoms with E-state index in [1.807, 2.05) is 55.6 Å². The molecule has 23 heteroatoms. The molecule has 0 fully saturated rings. The van der Waals surface area contributed by atoms with Gasteiger partial charge in [-0.2, -0.15) is 0 Å². The molecule has 4 N–H and O–H groups in total. The second-order valence-electron chi connectivity index (χ2n) is 23.7. The van der Waals surface area contributed by atoms with E-state index in [2.05, 4.69) is 76.2 Å². The van der Waals surface area contributed by atoms with E-state index in [-0.39, 0.29) is 59.2 Å². The van der Waals surface area contributed by atoms with Crippen LogP contribution in [0.3, 0.4) is 0 Å². The van der Waals surface area contributed by atoms with E-state index in [0.29, 0.717) is 120 Å². The number of nitrogens with zero attached hydrogens (tertiary/aromatic N) is 9. The Morgan fingerprint density at radius 1 is 0.605 bits per heavy atom. The summed E-state index contributed by atoms with van der Waals surface area (Å²) in [6.45, 7) is 26.0. The van der Waals surface area contributed by atoms with Crippen LogP contribution < -0.4 is 15.4 Å². The van der Waals surface area contributed by atoms with E-state index in [4.69, 9.17) is 37.9 Å². The van der Waals surface area contributed by atoms with Crippen molar-refractivity contribution in [3.8, 4) is 23.0 Å². The standard InChI is InChI=1S/C63H89N11O12/c1-10-60(30-44(6)7,35-79-24-21-47-32-72(13-4)69-66-47)36-82-39-61(11-2,37-80-25-22-48-33-73(14-5)70-67-48)40-83-41-62(12-3,42-84-45(8)9)38-81-26-23-49-34-74(71-68-49)43-64-31-58(77)65-46-15-18-53-52(27-46)59(78)86-63(53)54-19-16-50(75)28-56(54)85-57-29-51(76)17-20-55(57)63/h15-20,27-29,32-34,44-45,64,75-76H,10-14,21-26,30-31,35-43H2,1-9H3,(H,65,77). The molecular formula is C63H89N11O12. The first-order valence-corrected chi connectivity index (χ1v) is 30.4. The number of amides is 1. The van der Waals surface area contributed by atoms with Gasteiger partial charge in [-0.25, -0.2) is 9.48 Å². The molecule has 468 valence electrons. The molecule has 5 heterocycles. The highest BCUT2D eigenvalue weighted by Gasteiger charge is 2.54. The van der Waals surface area contributed by atoms with Crippen LogP contribution in [0.2, 0.25) is 0 Å². The first-order valence-electron chi connectivity index (χ1n) is 30.4. The smallest absolute Gasteiger partial charge is 0.340 e. The Labute approximate surface area is 504 Å². The van der Waals surface area contributed by atoms with Crippen LogP contribution in [0, 0.1) is 22.2 Å². The van der Waals surface area contributed by atoms with Gasteiger partial charge in [-0.15, -0.1) is 15.3 Å². The molecule has 3 aromatic carbocycles. The fraction of sp³-hybridized carbons (Fsp3) is 0.587. The second-order valence-corrected chi connectivity index (χ2v) is 23.7. The number of carbonyl (C=O) groups is 2. The van der Waals surface area contributed by atoms with Crippen molar-refractivity contribution in [2.75, 3.05) is 84.5 Å². The van der Waals surface area contributed by atoms with Gasteiger partial charge in [-0.3, -0.25) is 19.5 Å². The molecule has 0 saturated heterocycles. The highest BCUT2D eigenvalue weighted by atomic mass is 16.6. The molecule has 2 aliphatic heterocycles. The summed E-state index contributed by atoms with van der Waals surface area (Å²) >= 11 is 0. The molecule has 23 nitrogen and oxygen atoms in total. The lowest BCUT2D eigenvalue weighted by molar-refractivity contribution is -0.124. The molecule has 2 aliphatic rings. The predicted octanol–water partition coefficient (Wildman–Crippen LogP) is 8.44. The van der Waals surface area contributed by atoms with Crippen LogP contribution in [0.15, 0.2) is 73.2 Å². The van der Waals surface area contributed by atoms with E-state index < -0.39 is 22.4 Å². The maximum atomic E-state index is 13.6. The lowest BCUT2D eigenvalue weighted by Crippen LogP contribution is -2.43. The number of phenols is 2. The van der Waals surface area contributed by atoms with E-state index in [0.717, 1.165) is 55.9 Å². The minimum atomic E-state index is -1.41. The highest BCUT2D eigenvalue weighted by Crippen LogP contribution is 2.57. The third kappa shape index (κ3) is 16.6. The van der Waals surface area contributed by atoms with Crippen LogP contribution in [0.4, 0.5) is 5.69 Å². The molecule has 1 amide bonds. The minimum absolute atomic E-state index is 0.0103. The third-order valence-corrected chi connectivity index (χ3v) is 16.2. The zero-order chi connectivity index (χ0) is 61.3. The Kier molecular flexibility index (Phi) is 22.8. The Hall–Kier alpha value is -6.86. The number of hydrogen-bond donors (Lipinski definition) is 4. The average molecular weight is 1190 g/mol. The van der Waals surface area contributed by atoms with Gasteiger partial charge in [-0.1, -0.05) is 56.3 Å². The Bertz CT molecular complexity index is 3090. The number of phenolic OH excluding ortho intramolecular Hbond substituents is 2. The van der Waals surface area contributed by atoms with Gasteiger partial charge >= 0.3 is 5.97 Å². The summed E-state index contributed by atoms with van der Waals surface area (Å²) in [6.07, 6.45) is 11.0. The largest absolute Gasteiger partial charge is 0.508 e. The van der Waals surface area contributed by atoms with Gasteiger partial charge in [0.2, 0.25) is 5.91 Å². The van der Waals surface area contributed by atoms with Crippen molar-refractivity contribution in [1.82, 2.24) is 50.3 Å². The van der Waals surface area contributed by atoms with Crippen molar-refractivity contribution in [3.05, 3.63) is 113 Å². The van der Waals surface area contributed by atoms with Gasteiger partial charge in [-0.05, 0) is 95.7 Å². The van der Waals surface area contributed by atoms with Crippen LogP contribution in [-0.2, 0) is 82.6 Å². The molecule has 1 spiro atoms. The number of benzene rings is 3. The van der Waals surface area contributed by atoms with Gasteiger partial charge in [0.25, 0.3) is 0 Å². The minimum Gasteiger partial charge on any atom is -0.508 e. The Morgan fingerprint density at radius 2 is 1.07 bits per heavy atom. The fourth-order valence-electron chi connectivity index (χ4n) is 11.0. The summed E-state index contributed by atoms with van der Waals surface area (Å²) in [4.78, 5) is 26.8. The predicted molar refractivity (Wildman–Crippen MR) is 320 cm³/mol. The summed E-state index contributed by atoms with van der Waals surface area (Å²) in [5.41, 5.74) is 2.25. The Balaban J connectivity index is 0.830. The second kappa shape index (κ2) is 30.2. The molecule has 0 aliphatic carbocycles. The van der Waals surface area contributed by atoms with Crippen molar-refractivity contribution in [2.24, 2.45) is 22.2 Å². The van der Waals surface area contributed by atoms with Crippen molar-refractivity contribution in [2.45, 2.75) is 139 Å². The number of ether oxygens (including phenoxy) is 8. The number of fused-ring (bicyclic) bond motifs is 6. The number of rotatable bonds is 38. The van der Waals surface area contributed by atoms with Gasteiger partial charge in [0, 0.05) is 95.5 Å². The fourth-order valence-corrected chi connectivity index (χ4v) is 11.0. The summed E-state index contributed by atoms with van der Waals surface area (Å²) in [5, 5.41) is 52.1. The molecule has 0 radical (unpaired) electrons. The number of aryl methyl sites for hydroxylation is 2. The molecule has 3 atom stereocenters. The molecule has 0 bridgehead atoms. The number of aromatic hydroxyl groups is 2. The number of anilines is 1. The molecule has 3 unspecified atom stereocenters. The normalized spacial score (nSPS) is 15.5. The van der Waals surface area contributed by atoms with E-state index in [9.17, 15) is 19.8 Å². The SMILES string of the molecule is CCn1cc(CCOCC(CC)(COCC(CC)(COCCc2cn(CNCC(=O)Nc3ccc4c(c3)C(=O)OC43c4ccc(O)cc4Oc4cc(O)ccc43)nn2)COC(C)C)COCC(CC)(COCCc2cn(CC)nn2)CC(C)C)nn1. The summed E-state index contributed by atoms with van der Waals surface area (Å²) in [6, 6.07) is 14.1. The van der Waals surface area contributed by atoms with Crippen molar-refractivity contribution in [1.29, 1.82) is 0 Å². The first kappa shape index (κ1) is 65.1. The van der Waals surface area contributed by atoms with Crippen molar-refractivity contribution < 1.29 is 57.7 Å². The molecule has 8 rings (SSSR count). The molecular weight excluding hydrogens is 1100 g/mol. The molecule has 86 heavy (non-hydrogen) atoms. The zero-order valence-electron chi connectivity index (χ0n) is 51.6. The molecule has 6 aromatic rings. The Morgan fingerprint density at radius 3 is 1.56 bits per heavy atom. The van der Waals surface area contributed by atoms with Crippen LogP contribution in [0.25, 0.3) is 0 Å². The van der Waals surface area contributed by atoms with E-state index in [1.54, 1.807) is 35.0 Å². The lowest BCUT2D eigenvalue weighted by Gasteiger charge is -2.38. The number of nitrogens with one attached hydrogen (secondary N) is 2. The van der Waals surface area contributed by atoms with Gasteiger partial charge in [0.15, 0.2) is 5.60 Å². The van der Waals surface area contributed by atoms with Crippen LogP contribution >= 0.6 is 0 Å². The first-order chi connectivity index (χ1) is 41.5. The van der Waals surface area contributed by atoms with Crippen molar-refractivity contribution >= 4 is 17.6 Å². The maximum absolute atomic E-state index is 13.6. The van der Waals surface area contributed by atoms with E-state index in [1.165, 1.54) is 24.3 Å². The maximum Gasteiger partial charge on any atom is 0.340 e. The number of hydrogen-bond acceptors (Lipinski definition) is 19. The summed E-state index contributed by atoms with van der Waals surface area (Å²) in [7, 11) is 0. The average Bonchev–Trinajstić information content (AvgIpc) is 1.44. The summed E-state index contributed by atoms with van der Waals surface area (Å²) < 4.78 is 56.7. The third-order valence-electron chi connectivity index (χ3n) is 16.2. The zero-order valence-corrected chi connectivity index (χ0v) is 51.6. The molecule has 3 aromatic heterocycles. The number of esters is 1. The van der Waals surface area contributed by atoms with E-state index >= 15 is 0 Å². The summed E-state index contributed by atoms with van der Waals surface area (Å²) in [5.74, 6) is -0.0241.